The summed E-state index contributed by atoms with van der Waals surface area (Å²) in [6.07, 6.45) is 6.83. The number of carbonyl (C=O) groups excluding carboxylic acids is 1. The second-order valence-electron chi connectivity index (χ2n) is 8.41. The van der Waals surface area contributed by atoms with Gasteiger partial charge in [-0.25, -0.2) is 15.0 Å². The standard InChI is InChI=1S/C20H25ClN8OS/c21-14-12(3-6-25-16(14)23)31-18-17(24)27-13(10-26-18)28-8-4-20(5-9-28)15(22)11-2-1-7-29(11)19(20)30/h3,6,10-11,15H,1-2,4-5,7-9,22H2,(H2,23,25)(H2,24,27)/t11?,15-/m1/s1. The molecule has 164 valence electrons. The van der Waals surface area contributed by atoms with Crippen LogP contribution in [0.1, 0.15) is 25.7 Å². The molecule has 9 nitrogen and oxygen atoms in total. The third-order valence-corrected chi connectivity index (χ3v) is 8.43. The van der Waals surface area contributed by atoms with Crippen molar-refractivity contribution in [3.05, 3.63) is 23.5 Å². The zero-order valence-electron chi connectivity index (χ0n) is 17.0. The number of anilines is 3. The van der Waals surface area contributed by atoms with E-state index in [0.29, 0.717) is 34.8 Å². The van der Waals surface area contributed by atoms with E-state index in [1.807, 2.05) is 4.90 Å². The van der Waals surface area contributed by atoms with Crippen molar-refractivity contribution in [2.24, 2.45) is 11.1 Å². The lowest BCUT2D eigenvalue weighted by Crippen LogP contribution is -2.52. The Bertz CT molecular complexity index is 1030. The van der Waals surface area contributed by atoms with Crippen molar-refractivity contribution in [1.29, 1.82) is 0 Å². The van der Waals surface area contributed by atoms with Gasteiger partial charge in [-0.2, -0.15) is 0 Å². The van der Waals surface area contributed by atoms with Gasteiger partial charge < -0.3 is 27.0 Å². The van der Waals surface area contributed by atoms with Crippen LogP contribution in [-0.4, -0.2) is 57.5 Å². The third kappa shape index (κ3) is 3.28. The number of amides is 1. The first-order chi connectivity index (χ1) is 14.9. The summed E-state index contributed by atoms with van der Waals surface area (Å²) in [6.45, 7) is 2.25. The lowest BCUT2D eigenvalue weighted by molar-refractivity contribution is -0.137. The van der Waals surface area contributed by atoms with Crippen molar-refractivity contribution < 1.29 is 4.79 Å². The average Bonchev–Trinajstić information content (AvgIpc) is 3.32. The van der Waals surface area contributed by atoms with Crippen molar-refractivity contribution in [1.82, 2.24) is 19.9 Å². The number of rotatable bonds is 3. The number of nitrogens with zero attached hydrogens (tertiary/aromatic N) is 5. The summed E-state index contributed by atoms with van der Waals surface area (Å²) in [5, 5.41) is 0.926. The molecule has 1 amide bonds. The van der Waals surface area contributed by atoms with Crippen molar-refractivity contribution in [2.75, 3.05) is 36.0 Å². The van der Waals surface area contributed by atoms with Gasteiger partial charge in [0, 0.05) is 42.8 Å². The minimum Gasteiger partial charge on any atom is -0.382 e. The predicted molar refractivity (Wildman–Crippen MR) is 121 cm³/mol. The summed E-state index contributed by atoms with van der Waals surface area (Å²) in [5.74, 6) is 1.53. The second kappa shape index (κ2) is 7.68. The number of fused-ring (bicyclic) bond motifs is 1. The van der Waals surface area contributed by atoms with Gasteiger partial charge in [-0.15, -0.1) is 0 Å². The molecule has 1 unspecified atom stereocenters. The van der Waals surface area contributed by atoms with Gasteiger partial charge >= 0.3 is 0 Å². The number of aromatic nitrogens is 3. The summed E-state index contributed by atoms with van der Waals surface area (Å²) >= 11 is 7.52. The smallest absolute Gasteiger partial charge is 0.230 e. The summed E-state index contributed by atoms with van der Waals surface area (Å²) in [5.41, 5.74) is 18.1. The summed E-state index contributed by atoms with van der Waals surface area (Å²) in [6, 6.07) is 1.88. The highest BCUT2D eigenvalue weighted by atomic mass is 35.5. The number of hydrogen-bond donors (Lipinski definition) is 3. The topological polar surface area (TPSA) is 140 Å². The van der Waals surface area contributed by atoms with E-state index in [4.69, 9.17) is 28.8 Å². The highest BCUT2D eigenvalue weighted by Crippen LogP contribution is 2.47. The highest BCUT2D eigenvalue weighted by molar-refractivity contribution is 7.99. The minimum atomic E-state index is -0.436. The average molecular weight is 461 g/mol. The van der Waals surface area contributed by atoms with Crippen LogP contribution in [0.5, 0.6) is 0 Å². The number of carbonyl (C=O) groups is 1. The number of hydrogen-bond acceptors (Lipinski definition) is 9. The fraction of sp³-hybridized carbons (Fsp3) is 0.500. The predicted octanol–water partition coefficient (Wildman–Crippen LogP) is 1.76. The molecule has 3 aliphatic rings. The Hall–Kier alpha value is -2.30. The van der Waals surface area contributed by atoms with Gasteiger partial charge in [0.15, 0.2) is 5.82 Å². The Morgan fingerprint density at radius 2 is 1.94 bits per heavy atom. The van der Waals surface area contributed by atoms with Crippen molar-refractivity contribution >= 4 is 46.7 Å². The number of pyridine rings is 1. The second-order valence-corrected chi connectivity index (χ2v) is 9.81. The zero-order valence-corrected chi connectivity index (χ0v) is 18.6. The fourth-order valence-corrected chi connectivity index (χ4v) is 6.15. The fourth-order valence-electron chi connectivity index (χ4n) is 5.13. The Labute approximate surface area is 189 Å². The first kappa shape index (κ1) is 20.6. The van der Waals surface area contributed by atoms with Crippen LogP contribution >= 0.6 is 23.4 Å². The van der Waals surface area contributed by atoms with Crippen LogP contribution in [0, 0.1) is 5.41 Å². The molecule has 5 heterocycles. The summed E-state index contributed by atoms with van der Waals surface area (Å²) in [7, 11) is 0. The van der Waals surface area contributed by atoms with E-state index >= 15 is 0 Å². The monoisotopic (exact) mass is 460 g/mol. The quantitative estimate of drug-likeness (QED) is 0.624. The molecule has 6 N–H and O–H groups in total. The van der Waals surface area contributed by atoms with Crippen LogP contribution in [0.4, 0.5) is 17.5 Å². The van der Waals surface area contributed by atoms with Crippen LogP contribution in [0.3, 0.4) is 0 Å². The first-order valence-corrected chi connectivity index (χ1v) is 11.6. The van der Waals surface area contributed by atoms with E-state index in [0.717, 1.165) is 37.1 Å². The largest absolute Gasteiger partial charge is 0.382 e. The Kier molecular flexibility index (Phi) is 5.10. The zero-order chi connectivity index (χ0) is 21.8. The molecule has 2 aromatic heterocycles. The molecule has 0 bridgehead atoms. The Morgan fingerprint density at radius 1 is 1.16 bits per heavy atom. The maximum Gasteiger partial charge on any atom is 0.230 e. The molecule has 0 aromatic carbocycles. The number of nitrogens with two attached hydrogens (primary N) is 3. The maximum atomic E-state index is 13.1. The van der Waals surface area contributed by atoms with Crippen LogP contribution < -0.4 is 22.1 Å². The molecule has 2 atom stereocenters. The number of nitrogen functional groups attached to an aromatic ring is 2. The van der Waals surface area contributed by atoms with Crippen molar-refractivity contribution in [3.63, 3.8) is 0 Å². The molecule has 11 heteroatoms. The number of piperidine rings is 1. The van der Waals surface area contributed by atoms with Gasteiger partial charge in [0.25, 0.3) is 0 Å². The van der Waals surface area contributed by atoms with E-state index in [1.54, 1.807) is 18.5 Å². The number of halogens is 1. The third-order valence-electron chi connectivity index (χ3n) is 6.86. The van der Waals surface area contributed by atoms with E-state index in [-0.39, 0.29) is 23.8 Å². The molecule has 31 heavy (non-hydrogen) atoms. The van der Waals surface area contributed by atoms with Crippen LogP contribution in [0.25, 0.3) is 0 Å². The van der Waals surface area contributed by atoms with Crippen molar-refractivity contribution in [3.8, 4) is 0 Å². The molecule has 0 saturated carbocycles. The first-order valence-electron chi connectivity index (χ1n) is 10.4. The van der Waals surface area contributed by atoms with Gasteiger partial charge in [-0.1, -0.05) is 23.4 Å². The van der Waals surface area contributed by atoms with Crippen molar-refractivity contribution in [2.45, 2.75) is 47.7 Å². The molecule has 0 radical (unpaired) electrons. The van der Waals surface area contributed by atoms with E-state index in [2.05, 4.69) is 19.9 Å². The SMILES string of the molecule is Nc1nc(N2CCC3(CC2)C(=O)N2CCCC2[C@H]3N)cnc1Sc1ccnc(N)c1Cl. The van der Waals surface area contributed by atoms with Gasteiger partial charge in [-0.3, -0.25) is 4.79 Å². The minimum absolute atomic E-state index is 0.0860. The van der Waals surface area contributed by atoms with Crippen LogP contribution in [0.15, 0.2) is 28.4 Å². The van der Waals surface area contributed by atoms with E-state index in [9.17, 15) is 4.79 Å². The normalized spacial score (nSPS) is 24.8. The van der Waals surface area contributed by atoms with E-state index < -0.39 is 5.41 Å². The van der Waals surface area contributed by atoms with E-state index in [1.165, 1.54) is 11.8 Å². The van der Waals surface area contributed by atoms with Gasteiger partial charge in [0.05, 0.1) is 16.6 Å². The Balaban J connectivity index is 1.30. The molecule has 1 spiro atoms. The lowest BCUT2D eigenvalue weighted by atomic mass is 9.72. The molecule has 3 saturated heterocycles. The highest BCUT2D eigenvalue weighted by Gasteiger charge is 2.59. The molecule has 2 aromatic rings. The lowest BCUT2D eigenvalue weighted by Gasteiger charge is -2.41. The molecule has 3 aliphatic heterocycles. The molecule has 0 aliphatic carbocycles. The van der Waals surface area contributed by atoms with Gasteiger partial charge in [0.1, 0.15) is 16.7 Å². The van der Waals surface area contributed by atoms with Crippen LogP contribution in [0.2, 0.25) is 5.02 Å². The van der Waals surface area contributed by atoms with Gasteiger partial charge in [-0.05, 0) is 31.7 Å². The molecule has 3 fully saturated rings. The maximum absolute atomic E-state index is 13.1. The molecular formula is C20H25ClN8OS. The van der Waals surface area contributed by atoms with Gasteiger partial charge in [0.2, 0.25) is 5.91 Å². The summed E-state index contributed by atoms with van der Waals surface area (Å²) in [4.78, 5) is 31.0. The summed E-state index contributed by atoms with van der Waals surface area (Å²) < 4.78 is 0. The van der Waals surface area contributed by atoms with Crippen LogP contribution in [-0.2, 0) is 4.79 Å². The Morgan fingerprint density at radius 3 is 2.65 bits per heavy atom. The molecule has 5 rings (SSSR count). The molecular weight excluding hydrogens is 436 g/mol.